The van der Waals surface area contributed by atoms with Crippen molar-refractivity contribution in [3.63, 3.8) is 0 Å². The zero-order chi connectivity index (χ0) is 15.6. The smallest absolute Gasteiger partial charge is 0.335 e. The van der Waals surface area contributed by atoms with Gasteiger partial charge in [-0.25, -0.2) is 9.78 Å². The molecule has 2 rings (SSSR count). The SMILES string of the molecule is Cc1cc(C(=O)O)cc(Oc2cccc([N+](=O)[O-])c2C)n1. The van der Waals surface area contributed by atoms with E-state index < -0.39 is 10.9 Å². The summed E-state index contributed by atoms with van der Waals surface area (Å²) in [4.78, 5) is 25.4. The number of aromatic carboxylic acids is 1. The van der Waals surface area contributed by atoms with Gasteiger partial charge in [0, 0.05) is 17.8 Å². The number of carboxylic acids is 1. The van der Waals surface area contributed by atoms with Gasteiger partial charge in [0.05, 0.1) is 16.1 Å². The standard InChI is InChI=1S/C14H12N2O5/c1-8-6-10(14(17)18)7-13(15-8)21-12-5-3-4-11(9(12)2)16(19)20/h3-7H,1-2H3,(H,17,18). The molecule has 21 heavy (non-hydrogen) atoms. The Morgan fingerprint density at radius 2 is 2.05 bits per heavy atom. The Bertz CT molecular complexity index is 727. The summed E-state index contributed by atoms with van der Waals surface area (Å²) in [5, 5.41) is 19.9. The fourth-order valence-electron chi connectivity index (χ4n) is 1.84. The fourth-order valence-corrected chi connectivity index (χ4v) is 1.84. The van der Waals surface area contributed by atoms with Crippen LogP contribution >= 0.6 is 0 Å². The van der Waals surface area contributed by atoms with E-state index in [0.29, 0.717) is 11.3 Å². The molecule has 2 aromatic rings. The Kier molecular flexibility index (Phi) is 3.84. The minimum absolute atomic E-state index is 0.0422. The summed E-state index contributed by atoms with van der Waals surface area (Å²) >= 11 is 0. The van der Waals surface area contributed by atoms with Gasteiger partial charge in [0.15, 0.2) is 0 Å². The topological polar surface area (TPSA) is 103 Å². The first-order valence-electron chi connectivity index (χ1n) is 6.02. The Morgan fingerprint density at radius 1 is 1.33 bits per heavy atom. The fraction of sp³-hybridized carbons (Fsp3) is 0.143. The van der Waals surface area contributed by atoms with Crippen LogP contribution in [0.4, 0.5) is 5.69 Å². The third-order valence-corrected chi connectivity index (χ3v) is 2.84. The normalized spacial score (nSPS) is 10.2. The zero-order valence-electron chi connectivity index (χ0n) is 11.4. The zero-order valence-corrected chi connectivity index (χ0v) is 11.4. The molecule has 0 radical (unpaired) electrons. The molecule has 108 valence electrons. The van der Waals surface area contributed by atoms with Gasteiger partial charge in [-0.3, -0.25) is 10.1 Å². The van der Waals surface area contributed by atoms with Crippen LogP contribution in [0.5, 0.6) is 11.6 Å². The van der Waals surface area contributed by atoms with E-state index in [0.717, 1.165) is 0 Å². The number of carboxylic acid groups (broad SMARTS) is 1. The third-order valence-electron chi connectivity index (χ3n) is 2.84. The summed E-state index contributed by atoms with van der Waals surface area (Å²) < 4.78 is 5.49. The molecule has 0 amide bonds. The number of carbonyl (C=O) groups is 1. The molecule has 1 heterocycles. The minimum Gasteiger partial charge on any atom is -0.478 e. The Hall–Kier alpha value is -2.96. The minimum atomic E-state index is -1.10. The van der Waals surface area contributed by atoms with Crippen molar-refractivity contribution in [2.24, 2.45) is 0 Å². The van der Waals surface area contributed by atoms with E-state index in [9.17, 15) is 14.9 Å². The first-order chi connectivity index (χ1) is 9.88. The highest BCUT2D eigenvalue weighted by atomic mass is 16.6. The molecule has 0 aliphatic rings. The number of nitro groups is 1. The molecule has 0 spiro atoms. The molecule has 0 fully saturated rings. The maximum atomic E-state index is 11.0. The molecule has 0 bridgehead atoms. The number of aryl methyl sites for hydroxylation is 1. The number of nitro benzene ring substituents is 1. The quantitative estimate of drug-likeness (QED) is 0.685. The van der Waals surface area contributed by atoms with Gasteiger partial charge < -0.3 is 9.84 Å². The van der Waals surface area contributed by atoms with Crippen molar-refractivity contribution in [2.45, 2.75) is 13.8 Å². The Balaban J connectivity index is 2.41. The van der Waals surface area contributed by atoms with Crippen LogP contribution in [0, 0.1) is 24.0 Å². The van der Waals surface area contributed by atoms with E-state index in [1.165, 1.54) is 24.3 Å². The highest BCUT2D eigenvalue weighted by molar-refractivity contribution is 5.88. The molecule has 1 N–H and O–H groups in total. The lowest BCUT2D eigenvalue weighted by Crippen LogP contribution is -2.01. The van der Waals surface area contributed by atoms with Gasteiger partial charge in [-0.15, -0.1) is 0 Å². The van der Waals surface area contributed by atoms with Crippen LogP contribution in [-0.4, -0.2) is 21.0 Å². The van der Waals surface area contributed by atoms with Gasteiger partial charge in [0.2, 0.25) is 5.88 Å². The molecule has 0 atom stereocenters. The van der Waals surface area contributed by atoms with Crippen LogP contribution in [0.15, 0.2) is 30.3 Å². The van der Waals surface area contributed by atoms with E-state index in [-0.39, 0.29) is 22.9 Å². The highest BCUT2D eigenvalue weighted by Gasteiger charge is 2.16. The lowest BCUT2D eigenvalue weighted by Gasteiger charge is -2.09. The second-order valence-electron chi connectivity index (χ2n) is 4.40. The number of benzene rings is 1. The Morgan fingerprint density at radius 3 is 2.67 bits per heavy atom. The maximum absolute atomic E-state index is 11.0. The number of hydrogen-bond acceptors (Lipinski definition) is 5. The number of nitrogens with zero attached hydrogens (tertiary/aromatic N) is 2. The van der Waals surface area contributed by atoms with Crippen molar-refractivity contribution in [2.75, 3.05) is 0 Å². The second kappa shape index (κ2) is 5.58. The maximum Gasteiger partial charge on any atom is 0.335 e. The average Bonchev–Trinajstić information content (AvgIpc) is 2.40. The van der Waals surface area contributed by atoms with Crippen LogP contribution in [0.25, 0.3) is 0 Å². The molecule has 1 aromatic carbocycles. The van der Waals surface area contributed by atoms with Gasteiger partial charge in [-0.2, -0.15) is 0 Å². The molecule has 0 saturated heterocycles. The van der Waals surface area contributed by atoms with Crippen molar-refractivity contribution in [3.05, 3.63) is 57.3 Å². The van der Waals surface area contributed by atoms with Gasteiger partial charge in [0.25, 0.3) is 5.69 Å². The monoisotopic (exact) mass is 288 g/mol. The van der Waals surface area contributed by atoms with Gasteiger partial charge >= 0.3 is 5.97 Å². The van der Waals surface area contributed by atoms with E-state index >= 15 is 0 Å². The lowest BCUT2D eigenvalue weighted by atomic mass is 10.2. The summed E-state index contributed by atoms with van der Waals surface area (Å²) in [5.41, 5.74) is 0.801. The molecular formula is C14H12N2O5. The van der Waals surface area contributed by atoms with Crippen LogP contribution in [-0.2, 0) is 0 Å². The largest absolute Gasteiger partial charge is 0.478 e. The van der Waals surface area contributed by atoms with E-state index in [1.54, 1.807) is 19.9 Å². The van der Waals surface area contributed by atoms with Crippen molar-refractivity contribution in [1.29, 1.82) is 0 Å². The summed E-state index contributed by atoms with van der Waals surface area (Å²) in [6.07, 6.45) is 0. The van der Waals surface area contributed by atoms with Crippen LogP contribution in [0.2, 0.25) is 0 Å². The van der Waals surface area contributed by atoms with Crippen LogP contribution in [0.3, 0.4) is 0 Å². The molecular weight excluding hydrogens is 276 g/mol. The summed E-state index contributed by atoms with van der Waals surface area (Å²) in [6.45, 7) is 3.20. The van der Waals surface area contributed by atoms with Gasteiger partial charge in [-0.05, 0) is 26.0 Å². The third kappa shape index (κ3) is 3.14. The number of hydrogen-bond donors (Lipinski definition) is 1. The predicted octanol–water partition coefficient (Wildman–Crippen LogP) is 3.10. The highest BCUT2D eigenvalue weighted by Crippen LogP contribution is 2.30. The predicted molar refractivity (Wildman–Crippen MR) is 73.8 cm³/mol. The molecule has 7 heteroatoms. The van der Waals surface area contributed by atoms with Gasteiger partial charge in [-0.1, -0.05) is 6.07 Å². The lowest BCUT2D eigenvalue weighted by molar-refractivity contribution is -0.385. The molecule has 1 aromatic heterocycles. The van der Waals surface area contributed by atoms with E-state index in [2.05, 4.69) is 4.98 Å². The Labute approximate surface area is 120 Å². The van der Waals surface area contributed by atoms with Crippen molar-refractivity contribution in [1.82, 2.24) is 4.98 Å². The number of ether oxygens (including phenoxy) is 1. The first-order valence-corrected chi connectivity index (χ1v) is 6.02. The number of aromatic nitrogens is 1. The van der Waals surface area contributed by atoms with E-state index in [1.807, 2.05) is 0 Å². The number of rotatable bonds is 4. The average molecular weight is 288 g/mol. The second-order valence-corrected chi connectivity index (χ2v) is 4.40. The molecule has 0 aliphatic heterocycles. The van der Waals surface area contributed by atoms with Crippen LogP contribution in [0.1, 0.15) is 21.6 Å². The van der Waals surface area contributed by atoms with Crippen LogP contribution < -0.4 is 4.74 Å². The van der Waals surface area contributed by atoms with Gasteiger partial charge in [0.1, 0.15) is 5.75 Å². The first kappa shape index (κ1) is 14.4. The van der Waals surface area contributed by atoms with Crippen molar-refractivity contribution < 1.29 is 19.6 Å². The molecule has 0 unspecified atom stereocenters. The van der Waals surface area contributed by atoms with Crippen molar-refractivity contribution in [3.8, 4) is 11.6 Å². The molecule has 0 saturated carbocycles. The van der Waals surface area contributed by atoms with E-state index in [4.69, 9.17) is 9.84 Å². The number of pyridine rings is 1. The summed E-state index contributed by atoms with van der Waals surface area (Å²) in [6, 6.07) is 7.11. The molecule has 7 nitrogen and oxygen atoms in total. The summed E-state index contributed by atoms with van der Waals surface area (Å²) in [5.74, 6) is -0.754. The van der Waals surface area contributed by atoms with Crippen molar-refractivity contribution >= 4 is 11.7 Å². The summed E-state index contributed by atoms with van der Waals surface area (Å²) in [7, 11) is 0. The molecule has 0 aliphatic carbocycles.